The zero-order valence-corrected chi connectivity index (χ0v) is 11.2. The number of carbonyl (C=O) groups is 2. The molecule has 0 saturated heterocycles. The van der Waals surface area contributed by atoms with Gasteiger partial charge in [-0.15, -0.1) is 0 Å². The Kier molecular flexibility index (Phi) is 12.6. The Labute approximate surface area is 112 Å². The Morgan fingerprint density at radius 2 is 1.26 bits per heavy atom. The van der Waals surface area contributed by atoms with Gasteiger partial charge < -0.3 is 25.5 Å². The molecule has 0 bridgehead atoms. The largest absolute Gasteiger partial charge is 0.481 e. The zero-order chi connectivity index (χ0) is 15.3. The predicted octanol–water partition coefficient (Wildman–Crippen LogP) is 0.913. The molecule has 0 aliphatic rings. The van der Waals surface area contributed by atoms with Gasteiger partial charge in [0, 0.05) is 19.3 Å². The first-order valence-electron chi connectivity index (χ1n) is 6.29. The van der Waals surface area contributed by atoms with E-state index in [0.29, 0.717) is 19.3 Å². The van der Waals surface area contributed by atoms with Crippen molar-refractivity contribution in [2.75, 3.05) is 0 Å². The summed E-state index contributed by atoms with van der Waals surface area (Å²) in [7, 11) is 0. The summed E-state index contributed by atoms with van der Waals surface area (Å²) in [5.74, 6) is -4.19. The highest BCUT2D eigenvalue weighted by Gasteiger charge is 2.15. The van der Waals surface area contributed by atoms with Crippen LogP contribution in [0.1, 0.15) is 58.3 Å². The van der Waals surface area contributed by atoms with E-state index in [1.165, 1.54) is 0 Å². The van der Waals surface area contributed by atoms with E-state index in [4.69, 9.17) is 25.5 Å². The van der Waals surface area contributed by atoms with E-state index in [-0.39, 0.29) is 19.3 Å². The van der Waals surface area contributed by atoms with Crippen LogP contribution in [0.15, 0.2) is 0 Å². The second-order valence-electron chi connectivity index (χ2n) is 4.23. The first-order chi connectivity index (χ1) is 8.69. The number of carboxylic acids is 2. The first-order valence-corrected chi connectivity index (χ1v) is 6.29. The lowest BCUT2D eigenvalue weighted by molar-refractivity contribution is -0.315. The second kappa shape index (κ2) is 11.9. The van der Waals surface area contributed by atoms with Crippen LogP contribution >= 0.6 is 0 Å². The molecule has 0 aromatic heterocycles. The van der Waals surface area contributed by atoms with Gasteiger partial charge in [0.15, 0.2) is 0 Å². The van der Waals surface area contributed by atoms with Gasteiger partial charge >= 0.3 is 11.9 Å². The SMILES string of the molecule is CCCCCC(O)(O)O.O=C(O)CCCCC(=O)O. The van der Waals surface area contributed by atoms with Gasteiger partial charge in [0.05, 0.1) is 0 Å². The van der Waals surface area contributed by atoms with Crippen molar-refractivity contribution in [1.82, 2.24) is 0 Å². The summed E-state index contributed by atoms with van der Waals surface area (Å²) in [6, 6.07) is 0. The normalized spacial score (nSPS) is 10.5. The highest BCUT2D eigenvalue weighted by molar-refractivity contribution is 5.67. The summed E-state index contributed by atoms with van der Waals surface area (Å²) in [6.07, 6.45) is 3.64. The van der Waals surface area contributed by atoms with Crippen molar-refractivity contribution < 1.29 is 35.1 Å². The van der Waals surface area contributed by atoms with Crippen molar-refractivity contribution in [3.05, 3.63) is 0 Å². The van der Waals surface area contributed by atoms with E-state index in [1.807, 2.05) is 6.92 Å². The van der Waals surface area contributed by atoms with Gasteiger partial charge in [0.25, 0.3) is 5.97 Å². The summed E-state index contributed by atoms with van der Waals surface area (Å²) < 4.78 is 0. The number of hydrogen-bond donors (Lipinski definition) is 5. The van der Waals surface area contributed by atoms with E-state index in [1.54, 1.807) is 0 Å². The lowest BCUT2D eigenvalue weighted by Crippen LogP contribution is -2.26. The number of hydrogen-bond acceptors (Lipinski definition) is 5. The van der Waals surface area contributed by atoms with E-state index in [2.05, 4.69) is 0 Å². The minimum atomic E-state index is -2.45. The summed E-state index contributed by atoms with van der Waals surface area (Å²) in [4.78, 5) is 19.8. The number of aliphatic carboxylic acids is 2. The first kappa shape index (κ1) is 20.1. The summed E-state index contributed by atoms with van der Waals surface area (Å²) >= 11 is 0. The van der Waals surface area contributed by atoms with Crippen LogP contribution in [0.3, 0.4) is 0 Å². The predicted molar refractivity (Wildman–Crippen MR) is 67.3 cm³/mol. The van der Waals surface area contributed by atoms with Gasteiger partial charge in [-0.25, -0.2) is 0 Å². The van der Waals surface area contributed by atoms with Crippen LogP contribution in [0, 0.1) is 0 Å². The molecule has 0 aromatic carbocycles. The fourth-order valence-corrected chi connectivity index (χ4v) is 1.16. The Bertz CT molecular complexity index is 229. The van der Waals surface area contributed by atoms with Gasteiger partial charge in [-0.1, -0.05) is 19.8 Å². The maximum absolute atomic E-state index is 9.90. The minimum absolute atomic E-state index is 0.0425. The standard InChI is InChI=1S/C6H10O4.C6H14O3/c7-5(8)3-1-2-4-6(9)10;1-2-3-4-5-6(7,8)9/h1-4H2,(H,7,8)(H,9,10);7-9H,2-5H2,1H3. The number of aliphatic hydroxyl groups is 3. The molecule has 19 heavy (non-hydrogen) atoms. The van der Waals surface area contributed by atoms with E-state index < -0.39 is 17.9 Å². The van der Waals surface area contributed by atoms with Crippen molar-refractivity contribution >= 4 is 11.9 Å². The number of rotatable bonds is 9. The third-order valence-corrected chi connectivity index (χ3v) is 2.15. The van der Waals surface area contributed by atoms with Crippen LogP contribution in [0.5, 0.6) is 0 Å². The highest BCUT2D eigenvalue weighted by Crippen LogP contribution is 2.07. The monoisotopic (exact) mass is 280 g/mol. The molecule has 0 aliphatic heterocycles. The van der Waals surface area contributed by atoms with Crippen LogP contribution < -0.4 is 0 Å². The van der Waals surface area contributed by atoms with E-state index in [9.17, 15) is 9.59 Å². The molecule has 0 aromatic rings. The van der Waals surface area contributed by atoms with Gasteiger partial charge in [-0.05, 0) is 19.3 Å². The summed E-state index contributed by atoms with van der Waals surface area (Å²) in [6.45, 7) is 2.01. The third-order valence-electron chi connectivity index (χ3n) is 2.15. The Morgan fingerprint density at radius 3 is 1.53 bits per heavy atom. The Balaban J connectivity index is 0. The quantitative estimate of drug-likeness (QED) is 0.313. The molecule has 0 heterocycles. The molecular weight excluding hydrogens is 256 g/mol. The smallest absolute Gasteiger partial charge is 0.303 e. The van der Waals surface area contributed by atoms with Gasteiger partial charge in [-0.2, -0.15) is 0 Å². The molecule has 0 aliphatic carbocycles. The van der Waals surface area contributed by atoms with Gasteiger partial charge in [0.2, 0.25) is 0 Å². The van der Waals surface area contributed by atoms with Crippen molar-refractivity contribution in [2.45, 2.75) is 64.3 Å². The molecule has 7 heteroatoms. The lowest BCUT2D eigenvalue weighted by Gasteiger charge is -2.12. The zero-order valence-electron chi connectivity index (χ0n) is 11.2. The van der Waals surface area contributed by atoms with Gasteiger partial charge in [-0.3, -0.25) is 9.59 Å². The van der Waals surface area contributed by atoms with Crippen LogP contribution in [0.4, 0.5) is 0 Å². The van der Waals surface area contributed by atoms with Gasteiger partial charge in [0.1, 0.15) is 0 Å². The average Bonchev–Trinajstić information content (AvgIpc) is 2.23. The molecule has 7 nitrogen and oxygen atoms in total. The molecule has 0 spiro atoms. The molecule has 5 N–H and O–H groups in total. The molecule has 0 fully saturated rings. The second-order valence-corrected chi connectivity index (χ2v) is 4.23. The van der Waals surface area contributed by atoms with E-state index >= 15 is 0 Å². The van der Waals surface area contributed by atoms with Crippen molar-refractivity contribution in [1.29, 1.82) is 0 Å². The minimum Gasteiger partial charge on any atom is -0.481 e. The molecule has 0 saturated carbocycles. The van der Waals surface area contributed by atoms with Crippen LogP contribution in [0.25, 0.3) is 0 Å². The van der Waals surface area contributed by atoms with Crippen molar-refractivity contribution in [2.24, 2.45) is 0 Å². The molecule has 0 radical (unpaired) electrons. The maximum Gasteiger partial charge on any atom is 0.303 e. The lowest BCUT2D eigenvalue weighted by atomic mass is 10.2. The fourth-order valence-electron chi connectivity index (χ4n) is 1.16. The molecule has 0 amide bonds. The van der Waals surface area contributed by atoms with E-state index in [0.717, 1.165) is 12.8 Å². The van der Waals surface area contributed by atoms with Crippen molar-refractivity contribution in [3.63, 3.8) is 0 Å². The molecule has 0 unspecified atom stereocenters. The molecule has 114 valence electrons. The highest BCUT2D eigenvalue weighted by atomic mass is 16.7. The molecular formula is C12H24O7. The third kappa shape index (κ3) is 26.4. The topological polar surface area (TPSA) is 135 Å². The molecule has 0 rings (SSSR count). The van der Waals surface area contributed by atoms with Crippen LogP contribution in [-0.4, -0.2) is 43.4 Å². The average molecular weight is 280 g/mol. The number of unbranched alkanes of at least 4 members (excludes halogenated alkanes) is 3. The fraction of sp³-hybridized carbons (Fsp3) is 0.833. The Morgan fingerprint density at radius 1 is 0.842 bits per heavy atom. The van der Waals surface area contributed by atoms with Crippen LogP contribution in [0.2, 0.25) is 0 Å². The van der Waals surface area contributed by atoms with Crippen molar-refractivity contribution in [3.8, 4) is 0 Å². The summed E-state index contributed by atoms with van der Waals surface area (Å²) in [5, 5.41) is 41.3. The Hall–Kier alpha value is -1.18. The molecule has 0 atom stereocenters. The number of carboxylic acid groups (broad SMARTS) is 2. The summed E-state index contributed by atoms with van der Waals surface area (Å²) in [5.41, 5.74) is 0. The van der Waals surface area contributed by atoms with Crippen LogP contribution in [-0.2, 0) is 9.59 Å². The maximum atomic E-state index is 9.90.